The minimum absolute atomic E-state index is 0.194. The fourth-order valence-corrected chi connectivity index (χ4v) is 4.67. The monoisotopic (exact) mass is 457 g/mol. The maximum Gasteiger partial charge on any atom is 0.322 e. The molecule has 0 bridgehead atoms. The van der Waals surface area contributed by atoms with E-state index in [-0.39, 0.29) is 12.1 Å². The molecule has 0 unspecified atom stereocenters. The predicted octanol–water partition coefficient (Wildman–Crippen LogP) is 5.37. The number of carbonyl (C=O) groups is 1. The number of aromatic nitrogens is 1. The van der Waals surface area contributed by atoms with Crippen molar-refractivity contribution in [1.29, 1.82) is 0 Å². The number of rotatable bonds is 5. The first kappa shape index (κ1) is 21.7. The van der Waals surface area contributed by atoms with Gasteiger partial charge < -0.3 is 29.4 Å². The minimum atomic E-state index is -0.269. The van der Waals surface area contributed by atoms with Crippen molar-refractivity contribution < 1.29 is 19.0 Å². The second kappa shape index (κ2) is 9.02. The second-order valence-corrected chi connectivity index (χ2v) is 8.21. The molecule has 1 aliphatic rings. The van der Waals surface area contributed by atoms with E-state index in [0.717, 1.165) is 28.9 Å². The van der Waals surface area contributed by atoms with Crippen LogP contribution in [0.1, 0.15) is 22.9 Å². The predicted molar refractivity (Wildman–Crippen MR) is 132 cm³/mol. The number of hydrogen-bond acceptors (Lipinski definition) is 4. The lowest BCUT2D eigenvalue weighted by Gasteiger charge is -2.36. The molecule has 2 heterocycles. The number of nitrogens with one attached hydrogen (secondary N) is 2. The van der Waals surface area contributed by atoms with E-state index >= 15 is 0 Å². The maximum absolute atomic E-state index is 13.6. The Hall–Kier alpha value is -4.13. The van der Waals surface area contributed by atoms with E-state index < -0.39 is 0 Å². The summed E-state index contributed by atoms with van der Waals surface area (Å²) in [5.41, 5.74) is 4.98. The van der Waals surface area contributed by atoms with Crippen molar-refractivity contribution in [2.75, 3.05) is 33.2 Å². The Kier molecular flexibility index (Phi) is 5.76. The number of methoxy groups -OCH3 is 3. The van der Waals surface area contributed by atoms with Gasteiger partial charge in [0.15, 0.2) is 0 Å². The van der Waals surface area contributed by atoms with Gasteiger partial charge in [-0.1, -0.05) is 30.3 Å². The van der Waals surface area contributed by atoms with E-state index in [1.165, 1.54) is 10.9 Å². The average Bonchev–Trinajstić information content (AvgIpc) is 3.26. The highest BCUT2D eigenvalue weighted by Crippen LogP contribution is 2.39. The van der Waals surface area contributed by atoms with Gasteiger partial charge >= 0.3 is 6.03 Å². The third-order valence-corrected chi connectivity index (χ3v) is 6.33. The zero-order chi connectivity index (χ0) is 23.7. The fourth-order valence-electron chi connectivity index (χ4n) is 4.67. The molecule has 0 saturated carbocycles. The molecule has 1 atom stereocenters. The summed E-state index contributed by atoms with van der Waals surface area (Å²) in [4.78, 5) is 19.0. The topological polar surface area (TPSA) is 75.8 Å². The number of benzene rings is 3. The van der Waals surface area contributed by atoms with E-state index in [4.69, 9.17) is 14.2 Å². The van der Waals surface area contributed by atoms with Crippen molar-refractivity contribution >= 4 is 22.6 Å². The Morgan fingerprint density at radius 3 is 2.26 bits per heavy atom. The number of nitrogens with zero attached hydrogens (tertiary/aromatic N) is 1. The van der Waals surface area contributed by atoms with Crippen LogP contribution in [0, 0.1) is 0 Å². The molecule has 2 amide bonds. The van der Waals surface area contributed by atoms with E-state index in [1.807, 2.05) is 41.3 Å². The van der Waals surface area contributed by atoms with E-state index in [2.05, 4.69) is 22.4 Å². The highest BCUT2D eigenvalue weighted by Gasteiger charge is 2.34. The first-order valence-electron chi connectivity index (χ1n) is 11.2. The molecule has 0 aliphatic carbocycles. The average molecular weight is 458 g/mol. The number of para-hydroxylation sites is 1. The zero-order valence-electron chi connectivity index (χ0n) is 19.4. The van der Waals surface area contributed by atoms with Gasteiger partial charge in [0.2, 0.25) is 0 Å². The van der Waals surface area contributed by atoms with Crippen molar-refractivity contribution in [2.45, 2.75) is 12.5 Å². The van der Waals surface area contributed by atoms with Gasteiger partial charge in [0.25, 0.3) is 0 Å². The lowest BCUT2D eigenvalue weighted by molar-refractivity contribution is 0.193. The first-order chi connectivity index (χ1) is 16.6. The van der Waals surface area contributed by atoms with Crippen LogP contribution in [-0.4, -0.2) is 43.8 Å². The van der Waals surface area contributed by atoms with Crippen molar-refractivity contribution in [2.24, 2.45) is 0 Å². The number of carbonyl (C=O) groups excluding carboxylic acids is 1. The molecular formula is C27H27N3O4. The number of ether oxygens (including phenoxy) is 3. The normalized spacial score (nSPS) is 15.0. The maximum atomic E-state index is 13.6. The number of aromatic amines is 1. The van der Waals surface area contributed by atoms with Crippen LogP contribution in [0.2, 0.25) is 0 Å². The number of fused-ring (bicyclic) bond motifs is 3. The van der Waals surface area contributed by atoms with Gasteiger partial charge in [-0.15, -0.1) is 0 Å². The smallest absolute Gasteiger partial charge is 0.322 e. The molecule has 1 aliphatic heterocycles. The summed E-state index contributed by atoms with van der Waals surface area (Å²) < 4.78 is 16.1. The largest absolute Gasteiger partial charge is 0.497 e. The van der Waals surface area contributed by atoms with Crippen molar-refractivity contribution in [3.8, 4) is 17.2 Å². The summed E-state index contributed by atoms with van der Waals surface area (Å²) in [7, 11) is 4.82. The highest BCUT2D eigenvalue weighted by molar-refractivity contribution is 5.92. The van der Waals surface area contributed by atoms with Crippen LogP contribution < -0.4 is 19.5 Å². The molecule has 1 aromatic heterocycles. The van der Waals surface area contributed by atoms with Crippen LogP contribution in [0.15, 0.2) is 66.7 Å². The van der Waals surface area contributed by atoms with Crippen LogP contribution >= 0.6 is 0 Å². The molecule has 0 spiro atoms. The number of urea groups is 1. The molecule has 7 heteroatoms. The van der Waals surface area contributed by atoms with E-state index in [1.54, 1.807) is 39.5 Å². The Morgan fingerprint density at radius 2 is 1.59 bits per heavy atom. The summed E-state index contributed by atoms with van der Waals surface area (Å²) in [6, 6.07) is 21.0. The number of H-pyrrole nitrogens is 1. The van der Waals surface area contributed by atoms with Crippen LogP contribution in [-0.2, 0) is 6.42 Å². The fraction of sp³-hybridized carbons (Fsp3) is 0.222. The van der Waals surface area contributed by atoms with Crippen LogP contribution in [0.5, 0.6) is 17.2 Å². The Labute approximate surface area is 198 Å². The van der Waals surface area contributed by atoms with Gasteiger partial charge in [0.1, 0.15) is 17.2 Å². The molecule has 2 N–H and O–H groups in total. The quantitative estimate of drug-likeness (QED) is 0.422. The zero-order valence-corrected chi connectivity index (χ0v) is 19.4. The molecular weight excluding hydrogens is 430 g/mol. The van der Waals surface area contributed by atoms with Gasteiger partial charge in [-0.2, -0.15) is 0 Å². The minimum Gasteiger partial charge on any atom is -0.497 e. The Balaban J connectivity index is 1.54. The molecule has 174 valence electrons. The van der Waals surface area contributed by atoms with Gasteiger partial charge in [-0.05, 0) is 35.7 Å². The molecule has 3 aromatic carbocycles. The molecule has 0 fully saturated rings. The van der Waals surface area contributed by atoms with Gasteiger partial charge in [-0.25, -0.2) is 4.79 Å². The third kappa shape index (κ3) is 3.90. The standard InChI is InChI=1S/C27H27N3O4/c1-32-19-10-8-17(9-11-19)26-25-23(22-6-4-5-7-24(22)29-25)12-13-30(26)27(31)28-18-14-20(33-2)16-21(15-18)34-3/h4-11,14-16,26,29H,12-13H2,1-3H3,(H,28,31)/t26-/m1/s1. The molecule has 0 saturated heterocycles. The summed E-state index contributed by atoms with van der Waals surface area (Å²) in [5, 5.41) is 4.24. The summed E-state index contributed by atoms with van der Waals surface area (Å²) in [6.45, 7) is 0.582. The first-order valence-corrected chi connectivity index (χ1v) is 11.2. The molecule has 34 heavy (non-hydrogen) atoms. The lowest BCUT2D eigenvalue weighted by Crippen LogP contribution is -2.43. The van der Waals surface area contributed by atoms with Gasteiger partial charge in [-0.3, -0.25) is 0 Å². The lowest BCUT2D eigenvalue weighted by atomic mass is 9.92. The molecule has 0 radical (unpaired) electrons. The molecule has 5 rings (SSSR count). The van der Waals surface area contributed by atoms with E-state index in [0.29, 0.717) is 23.7 Å². The van der Waals surface area contributed by atoms with Crippen LogP contribution in [0.3, 0.4) is 0 Å². The van der Waals surface area contributed by atoms with Crippen molar-refractivity contribution in [3.63, 3.8) is 0 Å². The SMILES string of the molecule is COc1ccc([C@@H]2c3[nH]c4ccccc4c3CCN2C(=O)Nc2cc(OC)cc(OC)c2)cc1. The summed E-state index contributed by atoms with van der Waals surface area (Å²) in [5.74, 6) is 1.99. The molecule has 4 aromatic rings. The Morgan fingerprint density at radius 1 is 0.912 bits per heavy atom. The van der Waals surface area contributed by atoms with Crippen molar-refractivity contribution in [1.82, 2.24) is 9.88 Å². The van der Waals surface area contributed by atoms with Crippen molar-refractivity contribution in [3.05, 3.63) is 83.6 Å². The van der Waals surface area contributed by atoms with Gasteiger partial charge in [0, 0.05) is 47.0 Å². The number of anilines is 1. The number of hydrogen-bond donors (Lipinski definition) is 2. The van der Waals surface area contributed by atoms with Crippen LogP contribution in [0.25, 0.3) is 10.9 Å². The number of amides is 2. The Bertz CT molecular complexity index is 1310. The van der Waals surface area contributed by atoms with E-state index in [9.17, 15) is 4.79 Å². The second-order valence-electron chi connectivity index (χ2n) is 8.21. The summed E-state index contributed by atoms with van der Waals surface area (Å²) in [6.07, 6.45) is 0.765. The van der Waals surface area contributed by atoms with Gasteiger partial charge in [0.05, 0.1) is 27.4 Å². The van der Waals surface area contributed by atoms with Crippen LogP contribution in [0.4, 0.5) is 10.5 Å². The summed E-state index contributed by atoms with van der Waals surface area (Å²) >= 11 is 0. The highest BCUT2D eigenvalue weighted by atomic mass is 16.5. The third-order valence-electron chi connectivity index (χ3n) is 6.33. The molecule has 7 nitrogen and oxygen atoms in total.